The molecular formula is C18H15ClFNO. The molecular weight excluding hydrogens is 301 g/mol. The molecule has 2 nitrogen and oxygen atoms in total. The van der Waals surface area contributed by atoms with E-state index < -0.39 is 5.82 Å². The van der Waals surface area contributed by atoms with Gasteiger partial charge in [0.2, 0.25) is 0 Å². The highest BCUT2D eigenvalue weighted by Gasteiger charge is 2.17. The maximum absolute atomic E-state index is 13.6. The molecule has 0 saturated carbocycles. The van der Waals surface area contributed by atoms with Crippen LogP contribution in [-0.2, 0) is 6.54 Å². The van der Waals surface area contributed by atoms with Crippen molar-refractivity contribution in [3.8, 4) is 0 Å². The molecule has 0 aliphatic carbocycles. The first-order valence-corrected chi connectivity index (χ1v) is 7.48. The minimum absolute atomic E-state index is 0.0213. The SMILES string of the molecule is O=C(c1ccc(Cl)c(F)c1)c1ccccc1CN1CC=CC1. The Morgan fingerprint density at radius 3 is 2.59 bits per heavy atom. The summed E-state index contributed by atoms with van der Waals surface area (Å²) in [4.78, 5) is 14.9. The minimum Gasteiger partial charge on any atom is -0.292 e. The number of benzene rings is 2. The predicted molar refractivity (Wildman–Crippen MR) is 85.7 cm³/mol. The van der Waals surface area contributed by atoms with Crippen molar-refractivity contribution in [3.05, 3.63) is 82.1 Å². The van der Waals surface area contributed by atoms with Gasteiger partial charge in [0.25, 0.3) is 0 Å². The number of ketones is 1. The van der Waals surface area contributed by atoms with Gasteiger partial charge in [0.1, 0.15) is 5.82 Å². The fourth-order valence-electron chi connectivity index (χ4n) is 2.56. The summed E-state index contributed by atoms with van der Waals surface area (Å²) in [5, 5.41) is 0.0213. The van der Waals surface area contributed by atoms with Gasteiger partial charge >= 0.3 is 0 Å². The molecule has 0 unspecified atom stereocenters. The Balaban J connectivity index is 1.89. The van der Waals surface area contributed by atoms with E-state index in [1.165, 1.54) is 12.1 Å². The van der Waals surface area contributed by atoms with Crippen LogP contribution in [0.15, 0.2) is 54.6 Å². The van der Waals surface area contributed by atoms with Crippen molar-refractivity contribution >= 4 is 17.4 Å². The lowest BCUT2D eigenvalue weighted by Crippen LogP contribution is -2.21. The van der Waals surface area contributed by atoms with Gasteiger partial charge in [-0.25, -0.2) is 4.39 Å². The molecule has 0 atom stereocenters. The lowest BCUT2D eigenvalue weighted by molar-refractivity contribution is 0.103. The molecule has 3 rings (SSSR count). The van der Waals surface area contributed by atoms with Crippen molar-refractivity contribution in [1.82, 2.24) is 4.90 Å². The predicted octanol–water partition coefficient (Wildman–Crippen LogP) is 4.08. The number of nitrogens with zero attached hydrogens (tertiary/aromatic N) is 1. The number of carbonyl (C=O) groups is 1. The number of hydrogen-bond donors (Lipinski definition) is 0. The zero-order valence-corrected chi connectivity index (χ0v) is 12.7. The molecule has 22 heavy (non-hydrogen) atoms. The van der Waals surface area contributed by atoms with Crippen LogP contribution in [0.4, 0.5) is 4.39 Å². The van der Waals surface area contributed by atoms with Gasteiger partial charge in [-0.15, -0.1) is 0 Å². The molecule has 0 radical (unpaired) electrons. The zero-order chi connectivity index (χ0) is 15.5. The number of carbonyl (C=O) groups excluding carboxylic acids is 1. The van der Waals surface area contributed by atoms with E-state index in [1.807, 2.05) is 18.2 Å². The summed E-state index contributed by atoms with van der Waals surface area (Å²) in [5.74, 6) is -0.757. The number of hydrogen-bond acceptors (Lipinski definition) is 2. The van der Waals surface area contributed by atoms with Crippen LogP contribution in [0.1, 0.15) is 21.5 Å². The van der Waals surface area contributed by atoms with Gasteiger partial charge in [-0.05, 0) is 23.8 Å². The molecule has 0 N–H and O–H groups in total. The average molecular weight is 316 g/mol. The molecule has 4 heteroatoms. The quantitative estimate of drug-likeness (QED) is 0.626. The second-order valence-corrected chi connectivity index (χ2v) is 5.69. The maximum Gasteiger partial charge on any atom is 0.193 e. The molecule has 0 aromatic heterocycles. The lowest BCUT2D eigenvalue weighted by atomic mass is 9.98. The van der Waals surface area contributed by atoms with Gasteiger partial charge < -0.3 is 0 Å². The second-order valence-electron chi connectivity index (χ2n) is 5.28. The van der Waals surface area contributed by atoms with Crippen LogP contribution >= 0.6 is 11.6 Å². The van der Waals surface area contributed by atoms with Crippen LogP contribution in [0, 0.1) is 5.82 Å². The van der Waals surface area contributed by atoms with Gasteiger partial charge in [-0.2, -0.15) is 0 Å². The maximum atomic E-state index is 13.6. The topological polar surface area (TPSA) is 20.3 Å². The Morgan fingerprint density at radius 2 is 1.86 bits per heavy atom. The van der Waals surface area contributed by atoms with Crippen molar-refractivity contribution in [2.75, 3.05) is 13.1 Å². The molecule has 0 amide bonds. The van der Waals surface area contributed by atoms with Crippen molar-refractivity contribution in [2.24, 2.45) is 0 Å². The normalized spacial score (nSPS) is 14.5. The molecule has 1 aliphatic rings. The van der Waals surface area contributed by atoms with E-state index in [2.05, 4.69) is 17.1 Å². The highest BCUT2D eigenvalue weighted by molar-refractivity contribution is 6.30. The Hall–Kier alpha value is -1.97. The first-order chi connectivity index (χ1) is 10.6. The van der Waals surface area contributed by atoms with Gasteiger partial charge in [0.15, 0.2) is 5.78 Å². The van der Waals surface area contributed by atoms with Gasteiger partial charge in [-0.1, -0.05) is 48.0 Å². The van der Waals surface area contributed by atoms with E-state index in [4.69, 9.17) is 11.6 Å². The van der Waals surface area contributed by atoms with Gasteiger partial charge in [0, 0.05) is 30.8 Å². The molecule has 0 saturated heterocycles. The Morgan fingerprint density at radius 1 is 1.14 bits per heavy atom. The summed E-state index contributed by atoms with van der Waals surface area (Å²) in [7, 11) is 0. The average Bonchev–Trinajstić information content (AvgIpc) is 3.03. The van der Waals surface area contributed by atoms with E-state index in [-0.39, 0.29) is 10.8 Å². The number of halogens is 2. The Kier molecular flexibility index (Phi) is 4.36. The first kappa shape index (κ1) is 14.9. The van der Waals surface area contributed by atoms with E-state index in [1.54, 1.807) is 12.1 Å². The Labute approximate surface area is 133 Å². The summed E-state index contributed by atoms with van der Waals surface area (Å²) in [6, 6.07) is 11.6. The molecule has 1 aliphatic heterocycles. The van der Waals surface area contributed by atoms with Crippen molar-refractivity contribution in [3.63, 3.8) is 0 Å². The molecule has 1 heterocycles. The van der Waals surface area contributed by atoms with Crippen molar-refractivity contribution < 1.29 is 9.18 Å². The smallest absolute Gasteiger partial charge is 0.193 e. The van der Waals surface area contributed by atoms with Crippen LogP contribution in [-0.4, -0.2) is 23.8 Å². The largest absolute Gasteiger partial charge is 0.292 e. The van der Waals surface area contributed by atoms with Crippen molar-refractivity contribution in [1.29, 1.82) is 0 Å². The van der Waals surface area contributed by atoms with Crippen LogP contribution < -0.4 is 0 Å². The monoisotopic (exact) mass is 315 g/mol. The molecule has 0 fully saturated rings. The highest BCUT2D eigenvalue weighted by atomic mass is 35.5. The fourth-order valence-corrected chi connectivity index (χ4v) is 2.68. The standard InChI is InChI=1S/C18H15ClFNO/c19-16-8-7-13(11-17(16)20)18(22)15-6-2-1-5-14(15)12-21-9-3-4-10-21/h1-8,11H,9-10,12H2. The molecule has 2 aromatic carbocycles. The van der Waals surface area contributed by atoms with Crippen LogP contribution in [0.3, 0.4) is 0 Å². The van der Waals surface area contributed by atoms with Crippen LogP contribution in [0.25, 0.3) is 0 Å². The summed E-state index contributed by atoms with van der Waals surface area (Å²) in [5.41, 5.74) is 1.87. The summed E-state index contributed by atoms with van der Waals surface area (Å²) < 4.78 is 13.6. The molecule has 0 spiro atoms. The fraction of sp³-hybridized carbons (Fsp3) is 0.167. The van der Waals surface area contributed by atoms with E-state index in [0.29, 0.717) is 17.7 Å². The molecule has 112 valence electrons. The van der Waals surface area contributed by atoms with E-state index in [0.717, 1.165) is 18.7 Å². The Bertz CT molecular complexity index is 734. The third-order valence-corrected chi connectivity index (χ3v) is 4.04. The first-order valence-electron chi connectivity index (χ1n) is 7.10. The van der Waals surface area contributed by atoms with E-state index in [9.17, 15) is 9.18 Å². The summed E-state index contributed by atoms with van der Waals surface area (Å²) in [6.45, 7) is 2.47. The van der Waals surface area contributed by atoms with Gasteiger partial charge in [0.05, 0.1) is 5.02 Å². The van der Waals surface area contributed by atoms with Gasteiger partial charge in [-0.3, -0.25) is 9.69 Å². The third-order valence-electron chi connectivity index (χ3n) is 3.73. The molecule has 2 aromatic rings. The molecule has 0 bridgehead atoms. The minimum atomic E-state index is -0.575. The van der Waals surface area contributed by atoms with E-state index >= 15 is 0 Å². The third kappa shape index (κ3) is 3.11. The lowest BCUT2D eigenvalue weighted by Gasteiger charge is -2.17. The summed E-state index contributed by atoms with van der Waals surface area (Å²) in [6.07, 6.45) is 4.22. The highest BCUT2D eigenvalue weighted by Crippen LogP contribution is 2.21. The van der Waals surface area contributed by atoms with Crippen molar-refractivity contribution in [2.45, 2.75) is 6.54 Å². The zero-order valence-electron chi connectivity index (χ0n) is 11.9. The summed E-state index contributed by atoms with van der Waals surface area (Å²) >= 11 is 5.68. The van der Waals surface area contributed by atoms with Crippen LogP contribution in [0.5, 0.6) is 0 Å². The van der Waals surface area contributed by atoms with Crippen LogP contribution in [0.2, 0.25) is 5.02 Å². The second kappa shape index (κ2) is 6.42. The number of rotatable bonds is 4.